The standard InChI is InChI=1S/C23H22FN3O3S/c1-12-15-10-14(28)5-7-19(15)31-21(12)18(29)9-13-4-6-17(24)16(8-13)23(2)11-20(30)27(3)22(25)26-23/h4-8,10,28H,9,11H2,1-3H3,(H2,25,26). The summed E-state index contributed by atoms with van der Waals surface area (Å²) >= 11 is 1.37. The molecule has 8 heteroatoms. The number of benzene rings is 2. The second kappa shape index (κ2) is 7.46. The first-order chi connectivity index (χ1) is 14.6. The summed E-state index contributed by atoms with van der Waals surface area (Å²) in [6, 6.07) is 9.49. The molecule has 0 aliphatic carbocycles. The Morgan fingerprint density at radius 1 is 1.32 bits per heavy atom. The molecule has 1 unspecified atom stereocenters. The van der Waals surface area contributed by atoms with Gasteiger partial charge in [-0.3, -0.25) is 14.5 Å². The minimum absolute atomic E-state index is 0.0164. The molecule has 6 nitrogen and oxygen atoms in total. The number of aliphatic imine (C=N–C) groups is 1. The third-order valence-corrected chi connectivity index (χ3v) is 7.04. The first-order valence-corrected chi connectivity index (χ1v) is 10.6. The second-order valence-corrected chi connectivity index (χ2v) is 9.08. The van der Waals surface area contributed by atoms with E-state index in [1.165, 1.54) is 29.4 Å². The molecule has 0 bridgehead atoms. The minimum Gasteiger partial charge on any atom is -0.508 e. The Balaban J connectivity index is 1.67. The summed E-state index contributed by atoms with van der Waals surface area (Å²) < 4.78 is 15.6. The van der Waals surface area contributed by atoms with Gasteiger partial charge in [-0.1, -0.05) is 6.07 Å². The van der Waals surface area contributed by atoms with E-state index in [4.69, 9.17) is 5.73 Å². The Hall–Kier alpha value is -3.26. The highest BCUT2D eigenvalue weighted by molar-refractivity contribution is 7.21. The summed E-state index contributed by atoms with van der Waals surface area (Å²) in [5, 5.41) is 10.6. The highest BCUT2D eigenvalue weighted by Gasteiger charge is 2.38. The van der Waals surface area contributed by atoms with Gasteiger partial charge in [0, 0.05) is 23.7 Å². The Labute approximate surface area is 182 Å². The van der Waals surface area contributed by atoms with Crippen LogP contribution in [0.3, 0.4) is 0 Å². The number of nitrogens with two attached hydrogens (primary N) is 1. The van der Waals surface area contributed by atoms with Crippen LogP contribution in [0.4, 0.5) is 4.39 Å². The van der Waals surface area contributed by atoms with Gasteiger partial charge in [-0.25, -0.2) is 9.38 Å². The summed E-state index contributed by atoms with van der Waals surface area (Å²) in [5.41, 5.74) is 6.39. The number of carbonyl (C=O) groups is 2. The molecule has 0 spiro atoms. The molecule has 3 N–H and O–H groups in total. The van der Waals surface area contributed by atoms with Gasteiger partial charge in [-0.2, -0.15) is 0 Å². The van der Waals surface area contributed by atoms with Gasteiger partial charge in [0.1, 0.15) is 11.6 Å². The average Bonchev–Trinajstić information content (AvgIpc) is 3.03. The van der Waals surface area contributed by atoms with Gasteiger partial charge in [-0.15, -0.1) is 11.3 Å². The van der Waals surface area contributed by atoms with Crippen molar-refractivity contribution in [3.8, 4) is 5.75 Å². The number of guanidine groups is 1. The molecule has 0 radical (unpaired) electrons. The molecule has 1 aliphatic heterocycles. The second-order valence-electron chi connectivity index (χ2n) is 8.02. The number of ketones is 1. The predicted octanol–water partition coefficient (Wildman–Crippen LogP) is 3.87. The fourth-order valence-electron chi connectivity index (χ4n) is 3.90. The predicted molar refractivity (Wildman–Crippen MR) is 119 cm³/mol. The number of halogens is 1. The number of aryl methyl sites for hydroxylation is 1. The van der Waals surface area contributed by atoms with Crippen molar-refractivity contribution in [3.05, 3.63) is 63.8 Å². The van der Waals surface area contributed by atoms with E-state index >= 15 is 0 Å². The normalized spacial score (nSPS) is 19.0. The number of phenols is 1. The van der Waals surface area contributed by atoms with Crippen molar-refractivity contribution >= 4 is 39.1 Å². The summed E-state index contributed by atoms with van der Waals surface area (Å²) in [5.74, 6) is -0.662. The Kier molecular flexibility index (Phi) is 5.05. The van der Waals surface area contributed by atoms with Crippen molar-refractivity contribution in [2.75, 3.05) is 7.05 Å². The number of Topliss-reactive ketones (excluding diaryl/α,β-unsaturated/α-hetero) is 1. The molecule has 0 saturated carbocycles. The van der Waals surface area contributed by atoms with Crippen LogP contribution < -0.4 is 5.73 Å². The van der Waals surface area contributed by atoms with E-state index < -0.39 is 11.4 Å². The van der Waals surface area contributed by atoms with Crippen LogP contribution in [0.5, 0.6) is 5.75 Å². The van der Waals surface area contributed by atoms with Gasteiger partial charge in [0.15, 0.2) is 11.7 Å². The first-order valence-electron chi connectivity index (χ1n) is 9.75. The molecule has 2 heterocycles. The van der Waals surface area contributed by atoms with Crippen molar-refractivity contribution in [2.24, 2.45) is 10.7 Å². The van der Waals surface area contributed by atoms with Crippen molar-refractivity contribution in [1.82, 2.24) is 4.90 Å². The van der Waals surface area contributed by atoms with E-state index in [1.54, 1.807) is 37.3 Å². The van der Waals surface area contributed by atoms with E-state index in [-0.39, 0.29) is 41.8 Å². The maximum atomic E-state index is 14.7. The molecule has 3 aromatic rings. The summed E-state index contributed by atoms with van der Waals surface area (Å²) in [6.45, 7) is 3.52. The van der Waals surface area contributed by atoms with E-state index in [0.29, 0.717) is 10.4 Å². The molecule has 1 atom stereocenters. The molecule has 1 aromatic heterocycles. The summed E-state index contributed by atoms with van der Waals surface area (Å²) in [7, 11) is 1.53. The SMILES string of the molecule is Cc1c(C(=O)Cc2ccc(F)c(C3(C)CC(=O)N(C)C(N)=N3)c2)sc2ccc(O)cc12. The molecule has 0 saturated heterocycles. The van der Waals surface area contributed by atoms with Crippen LogP contribution in [0, 0.1) is 12.7 Å². The topological polar surface area (TPSA) is 96.0 Å². The number of thiophene rings is 1. The van der Waals surface area contributed by atoms with Crippen LogP contribution in [0.25, 0.3) is 10.1 Å². The molecule has 1 aliphatic rings. The van der Waals surface area contributed by atoms with E-state index in [9.17, 15) is 19.1 Å². The number of carbonyl (C=O) groups excluding carboxylic acids is 2. The van der Waals surface area contributed by atoms with Gasteiger partial charge in [0.05, 0.1) is 16.8 Å². The third kappa shape index (κ3) is 3.67. The Morgan fingerprint density at radius 2 is 2.06 bits per heavy atom. The van der Waals surface area contributed by atoms with E-state index in [2.05, 4.69) is 4.99 Å². The first kappa shape index (κ1) is 21.0. The molecule has 4 rings (SSSR count). The zero-order valence-corrected chi connectivity index (χ0v) is 18.2. The summed E-state index contributed by atoms with van der Waals surface area (Å²) in [6.07, 6.45) is 0.0630. The summed E-state index contributed by atoms with van der Waals surface area (Å²) in [4.78, 5) is 31.5. The zero-order valence-electron chi connectivity index (χ0n) is 17.4. The van der Waals surface area contributed by atoms with Crippen LogP contribution in [0.15, 0.2) is 41.4 Å². The maximum absolute atomic E-state index is 14.7. The van der Waals surface area contributed by atoms with Crippen molar-refractivity contribution in [3.63, 3.8) is 0 Å². The highest BCUT2D eigenvalue weighted by Crippen LogP contribution is 2.36. The van der Waals surface area contributed by atoms with E-state index in [0.717, 1.165) is 15.6 Å². The monoisotopic (exact) mass is 439 g/mol. The fraction of sp³-hybridized carbons (Fsp3) is 0.261. The van der Waals surface area contributed by atoms with Crippen LogP contribution in [0.2, 0.25) is 0 Å². The van der Waals surface area contributed by atoms with Crippen LogP contribution in [-0.2, 0) is 16.8 Å². The van der Waals surface area contributed by atoms with E-state index in [1.807, 2.05) is 6.92 Å². The minimum atomic E-state index is -1.14. The van der Waals surface area contributed by atoms with Crippen molar-refractivity contribution < 1.29 is 19.1 Å². The Morgan fingerprint density at radius 3 is 2.77 bits per heavy atom. The molecular formula is C23H22FN3O3S. The molecule has 2 aromatic carbocycles. The van der Waals surface area contributed by atoms with Gasteiger partial charge in [0.25, 0.3) is 0 Å². The van der Waals surface area contributed by atoms with Gasteiger partial charge >= 0.3 is 0 Å². The van der Waals surface area contributed by atoms with Gasteiger partial charge < -0.3 is 10.8 Å². The highest BCUT2D eigenvalue weighted by atomic mass is 32.1. The molecule has 0 fully saturated rings. The lowest BCUT2D eigenvalue weighted by Crippen LogP contribution is -2.47. The molecule has 1 amide bonds. The lowest BCUT2D eigenvalue weighted by Gasteiger charge is -2.34. The largest absolute Gasteiger partial charge is 0.508 e. The molecule has 31 heavy (non-hydrogen) atoms. The lowest BCUT2D eigenvalue weighted by atomic mass is 9.85. The zero-order chi connectivity index (χ0) is 22.5. The Bertz CT molecular complexity index is 1270. The van der Waals surface area contributed by atoms with Crippen LogP contribution >= 0.6 is 11.3 Å². The van der Waals surface area contributed by atoms with Gasteiger partial charge in [0.2, 0.25) is 5.91 Å². The maximum Gasteiger partial charge on any atom is 0.231 e. The number of hydrogen-bond donors (Lipinski definition) is 2. The number of phenolic OH excluding ortho intramolecular Hbond substituents is 1. The molecule has 160 valence electrons. The number of hydrogen-bond acceptors (Lipinski definition) is 6. The average molecular weight is 440 g/mol. The van der Waals surface area contributed by atoms with Crippen LogP contribution in [-0.4, -0.2) is 34.7 Å². The number of rotatable bonds is 4. The number of amides is 1. The third-order valence-electron chi connectivity index (χ3n) is 5.72. The van der Waals surface area contributed by atoms with Crippen LogP contribution in [0.1, 0.15) is 39.7 Å². The van der Waals surface area contributed by atoms with Crippen molar-refractivity contribution in [1.29, 1.82) is 0 Å². The number of fused-ring (bicyclic) bond motifs is 1. The quantitative estimate of drug-likeness (QED) is 0.603. The van der Waals surface area contributed by atoms with Crippen molar-refractivity contribution in [2.45, 2.75) is 32.2 Å². The number of aromatic hydroxyl groups is 1. The number of nitrogens with zero attached hydrogens (tertiary/aromatic N) is 2. The smallest absolute Gasteiger partial charge is 0.231 e. The fourth-order valence-corrected chi connectivity index (χ4v) is 5.03. The van der Waals surface area contributed by atoms with Gasteiger partial charge in [-0.05, 0) is 60.7 Å². The molecular weight excluding hydrogens is 417 g/mol. The lowest BCUT2D eigenvalue weighted by molar-refractivity contribution is -0.128.